The molecule has 0 saturated heterocycles. The molecule has 1 heterocycles. The maximum Gasteiger partial charge on any atom is 0.235 e. The standard InChI is InChI=1S/C24H28N2O.H2/c1-23(2,3)21-16-17-15-19(11-12-20(17)26-21)25-22(27)24(13-7-8-14-24)18-9-5-4-6-10-18;/h4-6,9-12,15-16,26H,7-8,13-14H2,1-3H3,(H,25,27);1H. The number of rotatable bonds is 3. The molecule has 2 aromatic carbocycles. The number of amides is 1. The van der Waals surface area contributed by atoms with Crippen molar-refractivity contribution in [3.05, 3.63) is 65.9 Å². The summed E-state index contributed by atoms with van der Waals surface area (Å²) in [7, 11) is 0. The molecule has 142 valence electrons. The molecule has 1 aromatic heterocycles. The number of anilines is 1. The Balaban J connectivity index is 0.00000225. The van der Waals surface area contributed by atoms with Gasteiger partial charge >= 0.3 is 0 Å². The molecular formula is C24H30N2O. The van der Waals surface area contributed by atoms with Crippen LogP contribution in [0.3, 0.4) is 0 Å². The van der Waals surface area contributed by atoms with Crippen molar-refractivity contribution in [2.24, 2.45) is 0 Å². The lowest BCUT2D eigenvalue weighted by Gasteiger charge is -2.28. The molecule has 1 fully saturated rings. The Bertz CT molecular complexity index is 963. The summed E-state index contributed by atoms with van der Waals surface area (Å²) in [5, 5.41) is 4.35. The Morgan fingerprint density at radius 1 is 1.04 bits per heavy atom. The maximum atomic E-state index is 13.3. The zero-order valence-corrected chi connectivity index (χ0v) is 16.4. The summed E-state index contributed by atoms with van der Waals surface area (Å²) in [6, 6.07) is 18.6. The van der Waals surface area contributed by atoms with Gasteiger partial charge in [-0.05, 0) is 42.7 Å². The summed E-state index contributed by atoms with van der Waals surface area (Å²) < 4.78 is 0. The van der Waals surface area contributed by atoms with Gasteiger partial charge in [0.2, 0.25) is 5.91 Å². The fourth-order valence-electron chi connectivity index (χ4n) is 4.25. The van der Waals surface area contributed by atoms with Gasteiger partial charge in [-0.25, -0.2) is 0 Å². The first-order valence-corrected chi connectivity index (χ1v) is 9.89. The largest absolute Gasteiger partial charge is 0.358 e. The van der Waals surface area contributed by atoms with Crippen molar-refractivity contribution >= 4 is 22.5 Å². The molecule has 0 bridgehead atoms. The van der Waals surface area contributed by atoms with E-state index >= 15 is 0 Å². The SMILES string of the molecule is CC(C)(C)c1cc2cc(NC(=O)C3(c4ccccc4)CCCC3)ccc2[nH]1.[HH]. The molecule has 0 aliphatic heterocycles. The number of aromatic nitrogens is 1. The molecule has 3 aromatic rings. The highest BCUT2D eigenvalue weighted by Gasteiger charge is 2.42. The predicted octanol–water partition coefficient (Wildman–Crippen LogP) is 6.16. The van der Waals surface area contributed by atoms with Gasteiger partial charge in [0.1, 0.15) is 0 Å². The van der Waals surface area contributed by atoms with E-state index in [0.29, 0.717) is 0 Å². The highest BCUT2D eigenvalue weighted by Crippen LogP contribution is 2.42. The number of hydrogen-bond acceptors (Lipinski definition) is 1. The first-order valence-electron chi connectivity index (χ1n) is 9.89. The van der Waals surface area contributed by atoms with Crippen molar-refractivity contribution in [2.75, 3.05) is 5.32 Å². The number of carbonyl (C=O) groups excluding carboxylic acids is 1. The highest BCUT2D eigenvalue weighted by molar-refractivity contribution is 6.00. The second kappa shape index (κ2) is 6.56. The van der Waals surface area contributed by atoms with Crippen molar-refractivity contribution in [2.45, 2.75) is 57.3 Å². The van der Waals surface area contributed by atoms with E-state index in [4.69, 9.17) is 0 Å². The van der Waals surface area contributed by atoms with Crippen molar-refractivity contribution in [1.82, 2.24) is 4.98 Å². The number of hydrogen-bond donors (Lipinski definition) is 2. The summed E-state index contributed by atoms with van der Waals surface area (Å²) in [6.45, 7) is 6.60. The van der Waals surface area contributed by atoms with E-state index in [1.54, 1.807) is 0 Å². The lowest BCUT2D eigenvalue weighted by atomic mass is 9.78. The molecule has 4 rings (SSSR count). The van der Waals surface area contributed by atoms with E-state index in [2.05, 4.69) is 61.4 Å². The Labute approximate surface area is 162 Å². The zero-order valence-electron chi connectivity index (χ0n) is 16.4. The van der Waals surface area contributed by atoms with E-state index in [1.807, 2.05) is 24.3 Å². The molecular weight excluding hydrogens is 332 g/mol. The predicted molar refractivity (Wildman–Crippen MR) is 114 cm³/mol. The molecule has 1 aliphatic carbocycles. The summed E-state index contributed by atoms with van der Waals surface area (Å²) in [4.78, 5) is 16.8. The Morgan fingerprint density at radius 2 is 1.74 bits per heavy atom. The van der Waals surface area contributed by atoms with Crippen molar-refractivity contribution in [1.29, 1.82) is 0 Å². The molecule has 0 spiro atoms. The Kier molecular flexibility index (Phi) is 4.33. The maximum absolute atomic E-state index is 13.3. The molecule has 3 heteroatoms. The average Bonchev–Trinajstić information content (AvgIpc) is 3.30. The molecule has 1 saturated carbocycles. The zero-order chi connectivity index (χ0) is 19.1. The number of H-pyrrole nitrogens is 1. The van der Waals surface area contributed by atoms with Crippen LogP contribution in [0.5, 0.6) is 0 Å². The lowest BCUT2D eigenvalue weighted by molar-refractivity contribution is -0.121. The Hall–Kier alpha value is -2.55. The summed E-state index contributed by atoms with van der Waals surface area (Å²) in [5.74, 6) is 0.122. The molecule has 1 amide bonds. The van der Waals surface area contributed by atoms with Crippen LogP contribution in [0.15, 0.2) is 54.6 Å². The van der Waals surface area contributed by atoms with Gasteiger partial charge in [-0.1, -0.05) is 63.9 Å². The minimum absolute atomic E-state index is 0. The molecule has 27 heavy (non-hydrogen) atoms. The number of carbonyl (C=O) groups is 1. The number of nitrogens with one attached hydrogen (secondary N) is 2. The van der Waals surface area contributed by atoms with Crippen LogP contribution in [0.25, 0.3) is 10.9 Å². The fraction of sp³-hybridized carbons (Fsp3) is 0.375. The van der Waals surface area contributed by atoms with Crippen LogP contribution in [-0.4, -0.2) is 10.9 Å². The van der Waals surface area contributed by atoms with E-state index in [9.17, 15) is 4.79 Å². The van der Waals surface area contributed by atoms with Crippen LogP contribution < -0.4 is 5.32 Å². The van der Waals surface area contributed by atoms with E-state index in [0.717, 1.165) is 47.8 Å². The average molecular weight is 363 g/mol. The number of fused-ring (bicyclic) bond motifs is 1. The van der Waals surface area contributed by atoms with Crippen molar-refractivity contribution in [3.8, 4) is 0 Å². The van der Waals surface area contributed by atoms with Crippen molar-refractivity contribution in [3.63, 3.8) is 0 Å². The molecule has 2 N–H and O–H groups in total. The van der Waals surface area contributed by atoms with Gasteiger partial charge in [0.25, 0.3) is 0 Å². The monoisotopic (exact) mass is 362 g/mol. The number of aromatic amines is 1. The summed E-state index contributed by atoms with van der Waals surface area (Å²) in [6.07, 6.45) is 4.05. The van der Waals surface area contributed by atoms with Gasteiger partial charge in [0.05, 0.1) is 5.41 Å². The van der Waals surface area contributed by atoms with E-state index < -0.39 is 5.41 Å². The first-order chi connectivity index (χ1) is 12.9. The smallest absolute Gasteiger partial charge is 0.235 e. The molecule has 3 nitrogen and oxygen atoms in total. The van der Waals surface area contributed by atoms with Gasteiger partial charge in [-0.15, -0.1) is 0 Å². The van der Waals surface area contributed by atoms with Crippen LogP contribution in [0.1, 0.15) is 59.1 Å². The minimum Gasteiger partial charge on any atom is -0.358 e. The van der Waals surface area contributed by atoms with Crippen LogP contribution in [-0.2, 0) is 15.6 Å². The van der Waals surface area contributed by atoms with Gasteiger partial charge in [0.15, 0.2) is 0 Å². The minimum atomic E-state index is -0.398. The quantitative estimate of drug-likeness (QED) is 0.575. The molecule has 0 atom stereocenters. The van der Waals surface area contributed by atoms with Crippen molar-refractivity contribution < 1.29 is 6.22 Å². The van der Waals surface area contributed by atoms with Crippen LogP contribution in [0.4, 0.5) is 5.69 Å². The normalized spacial score (nSPS) is 16.6. The Morgan fingerprint density at radius 3 is 2.41 bits per heavy atom. The third kappa shape index (κ3) is 3.27. The first kappa shape index (κ1) is 17.8. The van der Waals surface area contributed by atoms with E-state index in [1.165, 1.54) is 5.69 Å². The van der Waals surface area contributed by atoms with Gasteiger partial charge in [0, 0.05) is 29.1 Å². The molecule has 0 unspecified atom stereocenters. The third-order valence-corrected chi connectivity index (χ3v) is 5.90. The third-order valence-electron chi connectivity index (χ3n) is 5.90. The molecule has 1 aliphatic rings. The van der Waals surface area contributed by atoms with Gasteiger partial charge in [-0.2, -0.15) is 0 Å². The van der Waals surface area contributed by atoms with Crippen LogP contribution in [0, 0.1) is 0 Å². The summed E-state index contributed by atoms with van der Waals surface area (Å²) in [5.41, 5.74) is 4.00. The van der Waals surface area contributed by atoms with E-state index in [-0.39, 0.29) is 12.7 Å². The van der Waals surface area contributed by atoms with Crippen LogP contribution >= 0.6 is 0 Å². The fourth-order valence-corrected chi connectivity index (χ4v) is 4.25. The second-order valence-electron chi connectivity index (χ2n) is 8.84. The second-order valence-corrected chi connectivity index (χ2v) is 8.84. The lowest BCUT2D eigenvalue weighted by Crippen LogP contribution is -2.37. The van der Waals surface area contributed by atoms with Gasteiger partial charge in [-0.3, -0.25) is 4.79 Å². The summed E-state index contributed by atoms with van der Waals surface area (Å²) >= 11 is 0. The number of benzene rings is 2. The molecule has 0 radical (unpaired) electrons. The topological polar surface area (TPSA) is 44.9 Å². The van der Waals surface area contributed by atoms with Gasteiger partial charge < -0.3 is 10.3 Å². The van der Waals surface area contributed by atoms with Crippen LogP contribution in [0.2, 0.25) is 0 Å². The highest BCUT2D eigenvalue weighted by atomic mass is 16.2.